The summed E-state index contributed by atoms with van der Waals surface area (Å²) in [5.74, 6) is 0.904. The number of nitrogens with one attached hydrogen (secondary N) is 1. The molecule has 19 heavy (non-hydrogen) atoms. The van der Waals surface area contributed by atoms with Gasteiger partial charge in [0.2, 0.25) is 0 Å². The Labute approximate surface area is 113 Å². The standard InChI is InChI=1S/C16H19NO2/c1-10(2)17-15-13-8-7-11-5-3-4-6-12(11)16(13)19-9-14(15)18/h3-8,10,14-15,17-18H,9H2,1-2H3/t14-,15-/m1/s1. The van der Waals surface area contributed by atoms with Gasteiger partial charge < -0.3 is 15.2 Å². The zero-order valence-electron chi connectivity index (χ0n) is 11.3. The Kier molecular flexibility index (Phi) is 3.17. The van der Waals surface area contributed by atoms with Crippen molar-refractivity contribution >= 4 is 10.8 Å². The molecule has 0 saturated heterocycles. The van der Waals surface area contributed by atoms with E-state index in [0.717, 1.165) is 16.7 Å². The Morgan fingerprint density at radius 1 is 1.21 bits per heavy atom. The minimum absolute atomic E-state index is 0.0617. The molecular weight excluding hydrogens is 238 g/mol. The van der Waals surface area contributed by atoms with Gasteiger partial charge in [0.05, 0.1) is 6.04 Å². The molecule has 2 aromatic rings. The normalized spacial score (nSPS) is 22.3. The van der Waals surface area contributed by atoms with E-state index in [4.69, 9.17) is 4.74 Å². The second kappa shape index (κ2) is 4.83. The van der Waals surface area contributed by atoms with Gasteiger partial charge in [-0.3, -0.25) is 0 Å². The molecule has 0 bridgehead atoms. The average Bonchev–Trinajstić information content (AvgIpc) is 2.41. The maximum Gasteiger partial charge on any atom is 0.132 e. The third-order valence-corrected chi connectivity index (χ3v) is 3.54. The van der Waals surface area contributed by atoms with Crippen molar-refractivity contribution in [3.63, 3.8) is 0 Å². The van der Waals surface area contributed by atoms with Crippen molar-refractivity contribution in [2.24, 2.45) is 0 Å². The average molecular weight is 257 g/mol. The van der Waals surface area contributed by atoms with E-state index in [-0.39, 0.29) is 6.04 Å². The molecule has 0 aliphatic carbocycles. The topological polar surface area (TPSA) is 41.5 Å². The molecule has 1 heterocycles. The lowest BCUT2D eigenvalue weighted by Crippen LogP contribution is -2.42. The highest BCUT2D eigenvalue weighted by atomic mass is 16.5. The predicted molar refractivity (Wildman–Crippen MR) is 76.5 cm³/mol. The van der Waals surface area contributed by atoms with Crippen molar-refractivity contribution in [1.29, 1.82) is 0 Å². The lowest BCUT2D eigenvalue weighted by molar-refractivity contribution is 0.0532. The Bertz CT molecular complexity index is 594. The SMILES string of the molecule is CC(C)N[C@@H]1c2ccc3ccccc3c2OC[C@H]1O. The lowest BCUT2D eigenvalue weighted by atomic mass is 9.94. The van der Waals surface area contributed by atoms with Gasteiger partial charge in [0.15, 0.2) is 0 Å². The third-order valence-electron chi connectivity index (χ3n) is 3.54. The largest absolute Gasteiger partial charge is 0.490 e. The summed E-state index contributed by atoms with van der Waals surface area (Å²) < 4.78 is 5.77. The minimum Gasteiger partial charge on any atom is -0.490 e. The molecule has 2 N–H and O–H groups in total. The number of hydrogen-bond donors (Lipinski definition) is 2. The number of hydrogen-bond acceptors (Lipinski definition) is 3. The monoisotopic (exact) mass is 257 g/mol. The number of rotatable bonds is 2. The van der Waals surface area contributed by atoms with Gasteiger partial charge in [0.25, 0.3) is 0 Å². The number of aliphatic hydroxyl groups excluding tert-OH is 1. The van der Waals surface area contributed by atoms with E-state index in [9.17, 15) is 5.11 Å². The molecular formula is C16H19NO2. The van der Waals surface area contributed by atoms with Crippen LogP contribution in [0.5, 0.6) is 5.75 Å². The van der Waals surface area contributed by atoms with Crippen molar-refractivity contribution in [3.8, 4) is 5.75 Å². The maximum atomic E-state index is 10.1. The fourth-order valence-electron chi connectivity index (χ4n) is 2.70. The maximum absolute atomic E-state index is 10.1. The van der Waals surface area contributed by atoms with E-state index < -0.39 is 6.10 Å². The van der Waals surface area contributed by atoms with Gasteiger partial charge in [-0.2, -0.15) is 0 Å². The molecule has 0 fully saturated rings. The van der Waals surface area contributed by atoms with Crippen molar-refractivity contribution in [2.75, 3.05) is 6.61 Å². The Hall–Kier alpha value is -1.58. The van der Waals surface area contributed by atoms with Gasteiger partial charge in [-0.15, -0.1) is 0 Å². The summed E-state index contributed by atoms with van der Waals surface area (Å²) in [5.41, 5.74) is 1.05. The molecule has 100 valence electrons. The van der Waals surface area contributed by atoms with Crippen LogP contribution in [0.3, 0.4) is 0 Å². The summed E-state index contributed by atoms with van der Waals surface area (Å²) in [6, 6.07) is 12.6. The Morgan fingerprint density at radius 2 is 2.00 bits per heavy atom. The van der Waals surface area contributed by atoms with E-state index >= 15 is 0 Å². The highest BCUT2D eigenvalue weighted by molar-refractivity contribution is 5.90. The summed E-state index contributed by atoms with van der Waals surface area (Å²) >= 11 is 0. The first-order valence-electron chi connectivity index (χ1n) is 6.75. The summed E-state index contributed by atoms with van der Waals surface area (Å²) in [5, 5.41) is 15.9. The molecule has 0 saturated carbocycles. The Morgan fingerprint density at radius 3 is 2.79 bits per heavy atom. The summed E-state index contributed by atoms with van der Waals surface area (Å²) in [6.07, 6.45) is -0.504. The number of aliphatic hydroxyl groups is 1. The van der Waals surface area contributed by atoms with Gasteiger partial charge in [0, 0.05) is 17.0 Å². The first-order valence-corrected chi connectivity index (χ1v) is 6.75. The predicted octanol–water partition coefficient (Wildman–Crippen LogP) is 2.63. The summed E-state index contributed by atoms with van der Waals surface area (Å²) in [4.78, 5) is 0. The van der Waals surface area contributed by atoms with Crippen molar-refractivity contribution in [2.45, 2.75) is 32.0 Å². The molecule has 3 rings (SSSR count). The molecule has 0 unspecified atom stereocenters. The van der Waals surface area contributed by atoms with E-state index in [1.54, 1.807) is 0 Å². The van der Waals surface area contributed by atoms with Gasteiger partial charge in [-0.25, -0.2) is 0 Å². The van der Waals surface area contributed by atoms with E-state index in [1.807, 2.05) is 12.1 Å². The number of fused-ring (bicyclic) bond motifs is 3. The van der Waals surface area contributed by atoms with Gasteiger partial charge in [0.1, 0.15) is 18.5 Å². The van der Waals surface area contributed by atoms with Crippen LogP contribution in [-0.4, -0.2) is 23.9 Å². The molecule has 3 heteroatoms. The van der Waals surface area contributed by atoms with Crippen LogP contribution < -0.4 is 10.1 Å². The van der Waals surface area contributed by atoms with Crippen LogP contribution >= 0.6 is 0 Å². The zero-order valence-corrected chi connectivity index (χ0v) is 11.3. The quantitative estimate of drug-likeness (QED) is 0.869. The second-order valence-electron chi connectivity index (χ2n) is 5.38. The van der Waals surface area contributed by atoms with Crippen molar-refractivity contribution in [1.82, 2.24) is 5.32 Å². The van der Waals surface area contributed by atoms with Crippen molar-refractivity contribution < 1.29 is 9.84 Å². The highest BCUT2D eigenvalue weighted by Crippen LogP contribution is 2.38. The molecule has 0 radical (unpaired) electrons. The van der Waals surface area contributed by atoms with E-state index in [2.05, 4.69) is 43.4 Å². The first kappa shape index (κ1) is 12.5. The summed E-state index contributed by atoms with van der Waals surface area (Å²) in [7, 11) is 0. The van der Waals surface area contributed by atoms with E-state index in [0.29, 0.717) is 12.6 Å². The number of ether oxygens (including phenoxy) is 1. The second-order valence-corrected chi connectivity index (χ2v) is 5.38. The highest BCUT2D eigenvalue weighted by Gasteiger charge is 2.30. The van der Waals surface area contributed by atoms with Gasteiger partial charge >= 0.3 is 0 Å². The lowest BCUT2D eigenvalue weighted by Gasteiger charge is -2.33. The Balaban J connectivity index is 2.12. The molecule has 0 aromatic heterocycles. The van der Waals surface area contributed by atoms with Crippen LogP contribution in [-0.2, 0) is 0 Å². The minimum atomic E-state index is -0.504. The number of benzene rings is 2. The first-order chi connectivity index (χ1) is 9.16. The zero-order chi connectivity index (χ0) is 13.4. The van der Waals surface area contributed by atoms with Gasteiger partial charge in [-0.1, -0.05) is 50.2 Å². The van der Waals surface area contributed by atoms with Crippen molar-refractivity contribution in [3.05, 3.63) is 42.0 Å². The molecule has 0 spiro atoms. The van der Waals surface area contributed by atoms with Crippen LogP contribution in [0.25, 0.3) is 10.8 Å². The molecule has 0 amide bonds. The molecule has 2 atom stereocenters. The molecule has 1 aliphatic rings. The van der Waals surface area contributed by atoms with Crippen LogP contribution in [0.1, 0.15) is 25.5 Å². The van der Waals surface area contributed by atoms with Gasteiger partial charge in [-0.05, 0) is 5.39 Å². The molecule has 1 aliphatic heterocycles. The third kappa shape index (κ3) is 2.20. The van der Waals surface area contributed by atoms with E-state index in [1.165, 1.54) is 5.39 Å². The fraction of sp³-hybridized carbons (Fsp3) is 0.375. The fourth-order valence-corrected chi connectivity index (χ4v) is 2.70. The van der Waals surface area contributed by atoms with Crippen LogP contribution in [0.4, 0.5) is 0 Å². The van der Waals surface area contributed by atoms with Crippen LogP contribution in [0, 0.1) is 0 Å². The molecule has 3 nitrogen and oxygen atoms in total. The van der Waals surface area contributed by atoms with Crippen LogP contribution in [0.2, 0.25) is 0 Å². The summed E-state index contributed by atoms with van der Waals surface area (Å²) in [6.45, 7) is 4.51. The smallest absolute Gasteiger partial charge is 0.132 e. The van der Waals surface area contributed by atoms with Crippen LogP contribution in [0.15, 0.2) is 36.4 Å². The molecule has 2 aromatic carbocycles.